The standard InChI is InChI=1S/C45H58O5/c1-29(2)10-9-11-30(3)32-14-19-39-37-17-15-33-24-35(20-23-45(33,5)40(37)21-22-44(39,4)27-32)49-43(47)28-48-34-16-18-36-38(31-12-7-6-8-13-31)26-42(46)50-41(36)25-34/h6-8,12-13,15-16,18,25-26,29-30,32,35,37,39-40H,9-11,14,17,19-24,27-28H2,1-5H3/t30-,32+,35-,37-,39+,40-,44-,45+/m1/s1. The van der Waals surface area contributed by atoms with Crippen LogP contribution in [0, 0.1) is 46.3 Å². The van der Waals surface area contributed by atoms with Gasteiger partial charge < -0.3 is 13.9 Å². The highest BCUT2D eigenvalue weighted by molar-refractivity contribution is 5.93. The van der Waals surface area contributed by atoms with Crippen LogP contribution >= 0.6 is 0 Å². The highest BCUT2D eigenvalue weighted by atomic mass is 16.6. The Morgan fingerprint density at radius 2 is 1.76 bits per heavy atom. The van der Waals surface area contributed by atoms with Crippen molar-refractivity contribution in [1.82, 2.24) is 0 Å². The van der Waals surface area contributed by atoms with Gasteiger partial charge in [-0.1, -0.05) is 95.9 Å². The predicted octanol–water partition coefficient (Wildman–Crippen LogP) is 11.2. The van der Waals surface area contributed by atoms with Crippen molar-refractivity contribution >= 4 is 16.9 Å². The first-order valence-electron chi connectivity index (χ1n) is 19.7. The lowest BCUT2D eigenvalue weighted by atomic mass is 9.44. The quantitative estimate of drug-likeness (QED) is 0.121. The highest BCUT2D eigenvalue weighted by Gasteiger charge is 2.56. The Balaban J connectivity index is 0.945. The second-order valence-electron chi connectivity index (χ2n) is 17.4. The maximum Gasteiger partial charge on any atom is 0.344 e. The van der Waals surface area contributed by atoms with Gasteiger partial charge in [-0.2, -0.15) is 0 Å². The fourth-order valence-electron chi connectivity index (χ4n) is 11.1. The molecule has 0 amide bonds. The zero-order valence-electron chi connectivity index (χ0n) is 31.0. The van der Waals surface area contributed by atoms with Gasteiger partial charge in [0, 0.05) is 23.9 Å². The smallest absolute Gasteiger partial charge is 0.344 e. The van der Waals surface area contributed by atoms with Gasteiger partial charge in [-0.05, 0) is 121 Å². The molecule has 5 heteroatoms. The van der Waals surface area contributed by atoms with Crippen molar-refractivity contribution in [3.05, 3.63) is 76.7 Å². The highest BCUT2D eigenvalue weighted by Crippen LogP contribution is 2.65. The number of hydrogen-bond acceptors (Lipinski definition) is 5. The summed E-state index contributed by atoms with van der Waals surface area (Å²) in [5.74, 6) is 5.07. The average Bonchev–Trinajstić information content (AvgIpc) is 3.09. The van der Waals surface area contributed by atoms with Crippen molar-refractivity contribution in [3.63, 3.8) is 0 Å². The Hall–Kier alpha value is -3.34. The molecule has 5 nitrogen and oxygen atoms in total. The molecule has 0 unspecified atom stereocenters. The number of fused-ring (bicyclic) bond motifs is 6. The number of hydrogen-bond donors (Lipinski definition) is 0. The molecule has 0 spiro atoms. The molecule has 2 aromatic carbocycles. The summed E-state index contributed by atoms with van der Waals surface area (Å²) in [6.45, 7) is 12.3. The van der Waals surface area contributed by atoms with Crippen LogP contribution in [-0.4, -0.2) is 18.7 Å². The van der Waals surface area contributed by atoms with E-state index in [9.17, 15) is 9.59 Å². The Kier molecular flexibility index (Phi) is 10.1. The van der Waals surface area contributed by atoms with Crippen molar-refractivity contribution in [2.75, 3.05) is 6.61 Å². The maximum absolute atomic E-state index is 13.0. The minimum absolute atomic E-state index is 0.105. The van der Waals surface area contributed by atoms with Gasteiger partial charge in [-0.3, -0.25) is 0 Å². The number of esters is 1. The molecular weight excluding hydrogens is 620 g/mol. The van der Waals surface area contributed by atoms with Crippen molar-refractivity contribution in [3.8, 4) is 16.9 Å². The first-order valence-corrected chi connectivity index (χ1v) is 19.7. The normalized spacial score (nSPS) is 31.2. The monoisotopic (exact) mass is 678 g/mol. The van der Waals surface area contributed by atoms with Crippen LogP contribution in [-0.2, 0) is 9.53 Å². The van der Waals surface area contributed by atoms with Gasteiger partial charge in [0.15, 0.2) is 6.61 Å². The molecule has 4 aliphatic carbocycles. The van der Waals surface area contributed by atoms with Crippen LogP contribution < -0.4 is 10.4 Å². The van der Waals surface area contributed by atoms with Gasteiger partial charge in [0.1, 0.15) is 17.4 Å². The third-order valence-corrected chi connectivity index (χ3v) is 13.9. The molecule has 7 rings (SSSR count). The average molecular weight is 679 g/mol. The largest absolute Gasteiger partial charge is 0.482 e. The van der Waals surface area contributed by atoms with Gasteiger partial charge in [0.05, 0.1) is 0 Å². The van der Waals surface area contributed by atoms with E-state index < -0.39 is 5.63 Å². The van der Waals surface area contributed by atoms with Crippen LogP contribution in [0.25, 0.3) is 22.1 Å². The van der Waals surface area contributed by atoms with Crippen molar-refractivity contribution < 1.29 is 18.7 Å². The van der Waals surface area contributed by atoms with Crippen LogP contribution in [0.1, 0.15) is 112 Å². The molecule has 1 aromatic heterocycles. The molecule has 268 valence electrons. The molecule has 0 N–H and O–H groups in total. The number of benzene rings is 2. The van der Waals surface area contributed by atoms with Crippen LogP contribution in [0.4, 0.5) is 0 Å². The van der Waals surface area contributed by atoms with E-state index in [4.69, 9.17) is 13.9 Å². The third kappa shape index (κ3) is 7.08. The summed E-state index contributed by atoms with van der Waals surface area (Å²) in [4.78, 5) is 25.4. The number of carbonyl (C=O) groups is 1. The summed E-state index contributed by atoms with van der Waals surface area (Å²) in [6, 6.07) is 16.7. The molecule has 0 aliphatic heterocycles. The SMILES string of the molecule is CC(C)CCC[C@@H](C)[C@H]1CC[C@H]2[C@H]3CC=C4C[C@H](OC(=O)COc5ccc6c(-c7ccccc7)cc(=O)oc6c5)CC[C@]4(C)[C@@H]3CC[C@]2(C)C1. The molecule has 0 bridgehead atoms. The summed E-state index contributed by atoms with van der Waals surface area (Å²) >= 11 is 0. The second-order valence-corrected chi connectivity index (χ2v) is 17.4. The van der Waals surface area contributed by atoms with Crippen LogP contribution in [0.15, 0.2) is 75.5 Å². The number of rotatable bonds is 10. The first-order chi connectivity index (χ1) is 24.0. The van der Waals surface area contributed by atoms with Crippen LogP contribution in [0.5, 0.6) is 5.75 Å². The topological polar surface area (TPSA) is 65.7 Å². The number of carbonyl (C=O) groups excluding carboxylic acids is 1. The van der Waals surface area contributed by atoms with Gasteiger partial charge in [0.25, 0.3) is 0 Å². The lowest BCUT2D eigenvalue weighted by molar-refractivity contribution is -0.154. The predicted molar refractivity (Wildman–Crippen MR) is 201 cm³/mol. The van der Waals surface area contributed by atoms with E-state index in [1.54, 1.807) is 6.07 Å². The zero-order valence-corrected chi connectivity index (χ0v) is 31.0. The summed E-state index contributed by atoms with van der Waals surface area (Å²) in [6.07, 6.45) is 17.6. The molecule has 3 fully saturated rings. The molecule has 4 aliphatic rings. The zero-order chi connectivity index (χ0) is 35.0. The summed E-state index contributed by atoms with van der Waals surface area (Å²) in [7, 11) is 0. The Morgan fingerprint density at radius 1 is 0.940 bits per heavy atom. The molecular formula is C45H58O5. The Labute approximate surface area is 299 Å². The minimum Gasteiger partial charge on any atom is -0.482 e. The van der Waals surface area contributed by atoms with Gasteiger partial charge in [0.2, 0.25) is 0 Å². The lowest BCUT2D eigenvalue weighted by Gasteiger charge is -2.61. The van der Waals surface area contributed by atoms with Crippen molar-refractivity contribution in [2.45, 2.75) is 118 Å². The number of allylic oxidation sites excluding steroid dienone is 1. The van der Waals surface area contributed by atoms with E-state index in [2.05, 4.69) is 40.7 Å². The fourth-order valence-corrected chi connectivity index (χ4v) is 11.1. The van der Waals surface area contributed by atoms with E-state index in [0.29, 0.717) is 16.7 Å². The molecule has 3 aromatic rings. The van der Waals surface area contributed by atoms with Crippen LogP contribution in [0.2, 0.25) is 0 Å². The van der Waals surface area contributed by atoms with Gasteiger partial charge in [-0.25, -0.2) is 9.59 Å². The first kappa shape index (κ1) is 35.1. The molecule has 3 saturated carbocycles. The Bertz CT molecular complexity index is 1750. The third-order valence-electron chi connectivity index (χ3n) is 13.9. The summed E-state index contributed by atoms with van der Waals surface area (Å²) in [5.41, 5.74) is 3.99. The molecule has 50 heavy (non-hydrogen) atoms. The number of ether oxygens (including phenoxy) is 2. The minimum atomic E-state index is -0.423. The molecule has 0 radical (unpaired) electrons. The molecule has 0 saturated heterocycles. The second kappa shape index (κ2) is 14.4. The van der Waals surface area contributed by atoms with Gasteiger partial charge in [-0.15, -0.1) is 0 Å². The van der Waals surface area contributed by atoms with E-state index in [1.165, 1.54) is 69.4 Å². The van der Waals surface area contributed by atoms with Crippen LogP contribution in [0.3, 0.4) is 0 Å². The summed E-state index contributed by atoms with van der Waals surface area (Å²) < 4.78 is 17.4. The lowest BCUT2D eigenvalue weighted by Crippen LogP contribution is -2.52. The molecule has 8 atom stereocenters. The maximum atomic E-state index is 13.0. The van der Waals surface area contributed by atoms with Crippen molar-refractivity contribution in [1.29, 1.82) is 0 Å². The van der Waals surface area contributed by atoms with E-state index in [0.717, 1.165) is 71.3 Å². The van der Waals surface area contributed by atoms with E-state index >= 15 is 0 Å². The molecule has 1 heterocycles. The summed E-state index contributed by atoms with van der Waals surface area (Å²) in [5, 5.41) is 0.816. The fraction of sp³-hybridized carbons (Fsp3) is 0.600. The Morgan fingerprint density at radius 3 is 2.56 bits per heavy atom. The van der Waals surface area contributed by atoms with E-state index in [-0.39, 0.29) is 24.1 Å². The van der Waals surface area contributed by atoms with E-state index in [1.807, 2.05) is 42.5 Å². The van der Waals surface area contributed by atoms with Crippen molar-refractivity contribution in [2.24, 2.45) is 46.3 Å². The van der Waals surface area contributed by atoms with Gasteiger partial charge >= 0.3 is 11.6 Å².